The first-order valence-electron chi connectivity index (χ1n) is 10.3. The lowest BCUT2D eigenvalue weighted by Gasteiger charge is -2.42. The summed E-state index contributed by atoms with van der Waals surface area (Å²) >= 11 is 0. The van der Waals surface area contributed by atoms with Gasteiger partial charge in [-0.05, 0) is 60.9 Å². The number of nitrogens with zero attached hydrogens (tertiary/aromatic N) is 3. The normalized spacial score (nSPS) is 20.4. The second kappa shape index (κ2) is 7.88. The van der Waals surface area contributed by atoms with Crippen LogP contribution in [0.25, 0.3) is 11.8 Å². The number of sulfonamides is 1. The SMILES string of the molecule is O=C[C@]12Cc3cnn(-c4ccc(F)cc4)c3C=C1CCN(S(=O)(=O)c1cc(F)c(F)c(F)c1)C2. The van der Waals surface area contributed by atoms with Gasteiger partial charge in [-0.25, -0.2) is 30.7 Å². The molecule has 0 N–H and O–H groups in total. The first kappa shape index (κ1) is 22.5. The molecule has 3 aromatic rings. The lowest BCUT2D eigenvalue weighted by Crippen LogP contribution is -2.50. The summed E-state index contributed by atoms with van der Waals surface area (Å²) in [7, 11) is -4.40. The van der Waals surface area contributed by atoms with Crippen LogP contribution in [0.15, 0.2) is 53.1 Å². The molecule has 6 nitrogen and oxygen atoms in total. The van der Waals surface area contributed by atoms with Gasteiger partial charge in [0.1, 0.15) is 12.1 Å². The van der Waals surface area contributed by atoms with Gasteiger partial charge in [-0.3, -0.25) is 0 Å². The van der Waals surface area contributed by atoms with E-state index in [1.165, 1.54) is 12.1 Å². The highest BCUT2D eigenvalue weighted by Crippen LogP contribution is 2.44. The molecular weight excluding hydrogens is 474 g/mol. The van der Waals surface area contributed by atoms with E-state index in [-0.39, 0.29) is 25.9 Å². The van der Waals surface area contributed by atoms with Crippen molar-refractivity contribution in [2.24, 2.45) is 5.41 Å². The minimum absolute atomic E-state index is 0.0373. The summed E-state index contributed by atoms with van der Waals surface area (Å²) in [6.07, 6.45) is 4.39. The Hall–Kier alpha value is -3.31. The van der Waals surface area contributed by atoms with E-state index in [2.05, 4.69) is 5.10 Å². The average Bonchev–Trinajstić information content (AvgIpc) is 3.22. The summed E-state index contributed by atoms with van der Waals surface area (Å²) in [6.45, 7) is -0.281. The van der Waals surface area contributed by atoms with Gasteiger partial charge in [-0.15, -0.1) is 0 Å². The van der Waals surface area contributed by atoms with Crippen molar-refractivity contribution in [2.45, 2.75) is 17.7 Å². The summed E-state index contributed by atoms with van der Waals surface area (Å²) in [6, 6.07) is 6.60. The third kappa shape index (κ3) is 3.46. The van der Waals surface area contributed by atoms with Crippen LogP contribution in [0.3, 0.4) is 0 Å². The number of fused-ring (bicyclic) bond motifs is 2. The van der Waals surface area contributed by atoms with E-state index < -0.39 is 43.6 Å². The van der Waals surface area contributed by atoms with Crippen molar-refractivity contribution in [2.75, 3.05) is 13.1 Å². The third-order valence-corrected chi connectivity index (χ3v) is 8.15. The fourth-order valence-corrected chi connectivity index (χ4v) is 6.07. The number of hydrogen-bond donors (Lipinski definition) is 0. The Labute approximate surface area is 192 Å². The number of rotatable bonds is 4. The summed E-state index contributed by atoms with van der Waals surface area (Å²) in [5.74, 6) is -5.38. The van der Waals surface area contributed by atoms with Gasteiger partial charge in [-0.1, -0.05) is 5.57 Å². The Bertz CT molecular complexity index is 1430. The van der Waals surface area contributed by atoms with Crippen LogP contribution in [0.1, 0.15) is 17.7 Å². The molecule has 0 saturated carbocycles. The molecule has 1 aliphatic carbocycles. The van der Waals surface area contributed by atoms with E-state index in [1.807, 2.05) is 0 Å². The largest absolute Gasteiger partial charge is 0.302 e. The highest BCUT2D eigenvalue weighted by atomic mass is 32.2. The molecule has 176 valence electrons. The molecule has 0 unspecified atom stereocenters. The molecule has 2 aromatic carbocycles. The van der Waals surface area contributed by atoms with Crippen molar-refractivity contribution >= 4 is 22.4 Å². The highest BCUT2D eigenvalue weighted by molar-refractivity contribution is 7.89. The monoisotopic (exact) mass is 491 g/mol. The highest BCUT2D eigenvalue weighted by Gasteiger charge is 2.46. The van der Waals surface area contributed by atoms with Gasteiger partial charge < -0.3 is 4.79 Å². The van der Waals surface area contributed by atoms with Crippen LogP contribution in [0.2, 0.25) is 0 Å². The Morgan fingerprint density at radius 3 is 2.35 bits per heavy atom. The summed E-state index contributed by atoms with van der Waals surface area (Å²) in [4.78, 5) is 11.6. The number of hydrogen-bond acceptors (Lipinski definition) is 4. The molecule has 5 rings (SSSR count). The molecule has 11 heteroatoms. The zero-order chi connectivity index (χ0) is 24.3. The minimum atomic E-state index is -4.40. The maximum atomic E-state index is 13.7. The molecule has 0 amide bonds. The number of aromatic nitrogens is 2. The van der Waals surface area contributed by atoms with Gasteiger partial charge in [0, 0.05) is 13.1 Å². The van der Waals surface area contributed by atoms with Gasteiger partial charge in [0.05, 0.1) is 27.9 Å². The first-order chi connectivity index (χ1) is 16.1. The van der Waals surface area contributed by atoms with Crippen LogP contribution in [-0.4, -0.2) is 41.9 Å². The van der Waals surface area contributed by atoms with E-state index in [0.717, 1.165) is 4.31 Å². The lowest BCUT2D eigenvalue weighted by molar-refractivity contribution is -0.115. The second-order valence-corrected chi connectivity index (χ2v) is 10.3. The predicted molar refractivity (Wildman–Crippen MR) is 113 cm³/mol. The van der Waals surface area contributed by atoms with Gasteiger partial charge in [0.15, 0.2) is 17.5 Å². The third-order valence-electron chi connectivity index (χ3n) is 6.32. The van der Waals surface area contributed by atoms with Crippen molar-refractivity contribution in [3.8, 4) is 5.69 Å². The Balaban J connectivity index is 1.50. The van der Waals surface area contributed by atoms with E-state index in [1.54, 1.807) is 29.1 Å². The molecule has 1 atom stereocenters. The summed E-state index contributed by atoms with van der Waals surface area (Å²) < 4.78 is 82.8. The van der Waals surface area contributed by atoms with Crippen LogP contribution in [-0.2, 0) is 21.2 Å². The maximum Gasteiger partial charge on any atom is 0.243 e. The molecule has 34 heavy (non-hydrogen) atoms. The topological polar surface area (TPSA) is 72.3 Å². The van der Waals surface area contributed by atoms with E-state index in [4.69, 9.17) is 0 Å². The number of piperidine rings is 1. The number of halogens is 4. The van der Waals surface area contributed by atoms with Crippen LogP contribution >= 0.6 is 0 Å². The average molecular weight is 491 g/mol. The number of carbonyl (C=O) groups is 1. The standard InChI is InChI=1S/C23H17F4N3O3S/c24-16-1-3-17(4-2-16)30-21-7-15-5-6-29(12-23(15,13-31)10-14(21)11-28-30)34(32,33)18-8-19(25)22(27)20(26)9-18/h1-4,7-9,11,13H,5-6,10,12H2/t23-/m1/s1. The van der Waals surface area contributed by atoms with E-state index >= 15 is 0 Å². The second-order valence-electron chi connectivity index (χ2n) is 8.35. The summed E-state index contributed by atoms with van der Waals surface area (Å²) in [5.41, 5.74) is 1.53. The molecule has 1 saturated heterocycles. The van der Waals surface area contributed by atoms with E-state index in [9.17, 15) is 30.8 Å². The Morgan fingerprint density at radius 2 is 1.71 bits per heavy atom. The number of benzene rings is 2. The van der Waals surface area contributed by atoms with Gasteiger partial charge in [0.25, 0.3) is 0 Å². The molecule has 2 heterocycles. The Morgan fingerprint density at radius 1 is 1.03 bits per heavy atom. The molecule has 0 spiro atoms. The van der Waals surface area contributed by atoms with Crippen molar-refractivity contribution in [1.82, 2.24) is 14.1 Å². The van der Waals surface area contributed by atoms with Crippen molar-refractivity contribution in [3.05, 3.63) is 82.7 Å². The molecule has 1 aliphatic heterocycles. The molecule has 0 radical (unpaired) electrons. The number of carbonyl (C=O) groups excluding carboxylic acids is 1. The Kier molecular flexibility index (Phi) is 5.21. The van der Waals surface area contributed by atoms with Crippen molar-refractivity contribution in [1.29, 1.82) is 0 Å². The zero-order valence-corrected chi connectivity index (χ0v) is 18.3. The predicted octanol–water partition coefficient (Wildman–Crippen LogP) is 3.65. The van der Waals surface area contributed by atoms with E-state index in [0.29, 0.717) is 40.9 Å². The quantitative estimate of drug-likeness (QED) is 0.317. The number of aldehydes is 1. The van der Waals surface area contributed by atoms with Crippen LogP contribution in [0.5, 0.6) is 0 Å². The van der Waals surface area contributed by atoms with Crippen LogP contribution < -0.4 is 0 Å². The minimum Gasteiger partial charge on any atom is -0.302 e. The van der Waals surface area contributed by atoms with Crippen molar-refractivity contribution < 1.29 is 30.8 Å². The lowest BCUT2D eigenvalue weighted by atomic mass is 9.70. The fourth-order valence-electron chi connectivity index (χ4n) is 4.54. The van der Waals surface area contributed by atoms with Crippen molar-refractivity contribution in [3.63, 3.8) is 0 Å². The first-order valence-corrected chi connectivity index (χ1v) is 11.7. The summed E-state index contributed by atoms with van der Waals surface area (Å²) in [5, 5.41) is 4.35. The smallest absolute Gasteiger partial charge is 0.243 e. The fraction of sp³-hybridized carbons (Fsp3) is 0.217. The van der Waals surface area contributed by atoms with Gasteiger partial charge in [0.2, 0.25) is 10.0 Å². The van der Waals surface area contributed by atoms with Crippen LogP contribution in [0, 0.1) is 28.7 Å². The molecule has 1 fully saturated rings. The molecule has 0 bridgehead atoms. The molecule has 1 aromatic heterocycles. The molecular formula is C23H17F4N3O3S. The molecule has 2 aliphatic rings. The zero-order valence-electron chi connectivity index (χ0n) is 17.5. The van der Waals surface area contributed by atoms with Gasteiger partial charge in [-0.2, -0.15) is 9.40 Å². The van der Waals surface area contributed by atoms with Crippen LogP contribution in [0.4, 0.5) is 17.6 Å². The van der Waals surface area contributed by atoms with Gasteiger partial charge >= 0.3 is 0 Å². The maximum absolute atomic E-state index is 13.7.